The van der Waals surface area contributed by atoms with Crippen molar-refractivity contribution >= 4 is 25.0 Å². The molecule has 6 heteroatoms. The molecule has 48 heavy (non-hydrogen) atoms. The van der Waals surface area contributed by atoms with E-state index in [1.54, 1.807) is 11.1 Å². The first kappa shape index (κ1) is 41.9. The molecule has 2 fully saturated rings. The molecule has 0 saturated heterocycles. The molecule has 0 aromatic rings. The average Bonchev–Trinajstić information content (AvgIpc) is 3.24. The summed E-state index contributed by atoms with van der Waals surface area (Å²) in [7, 11) is -5.46. The summed E-state index contributed by atoms with van der Waals surface area (Å²) in [4.78, 5) is 0. The maximum atomic E-state index is 7.11. The van der Waals surface area contributed by atoms with E-state index in [0.717, 1.165) is 19.3 Å². The second-order valence-electron chi connectivity index (χ2n) is 20.8. The molecule has 0 amide bonds. The Bertz CT molecular complexity index is 1230. The molecule has 3 rings (SSSR count). The molecule has 276 valence electrons. The van der Waals surface area contributed by atoms with E-state index in [-0.39, 0.29) is 33.3 Å². The minimum absolute atomic E-state index is 0.0254. The van der Waals surface area contributed by atoms with E-state index in [2.05, 4.69) is 133 Å². The molecule has 0 heterocycles. The maximum Gasteiger partial charge on any atom is 0.192 e. The Morgan fingerprint density at radius 3 is 2.06 bits per heavy atom. The van der Waals surface area contributed by atoms with Crippen LogP contribution in [0.4, 0.5) is 0 Å². The number of hydrogen-bond donors (Lipinski definition) is 0. The lowest BCUT2D eigenvalue weighted by molar-refractivity contribution is 0.0868. The van der Waals surface area contributed by atoms with Crippen molar-refractivity contribution in [3.8, 4) is 0 Å². The molecule has 2 saturated carbocycles. The van der Waals surface area contributed by atoms with Crippen molar-refractivity contribution in [3.05, 3.63) is 47.1 Å². The van der Waals surface area contributed by atoms with Crippen LogP contribution in [0.25, 0.3) is 0 Å². The minimum Gasteiger partial charge on any atom is -0.413 e. The second-order valence-corrected chi connectivity index (χ2v) is 34.7. The van der Waals surface area contributed by atoms with E-state index >= 15 is 0 Å². The summed E-state index contributed by atoms with van der Waals surface area (Å²) in [5, 5.41) is 0.332. The molecule has 3 aliphatic rings. The van der Waals surface area contributed by atoms with Crippen molar-refractivity contribution < 1.29 is 13.3 Å². The van der Waals surface area contributed by atoms with Gasteiger partial charge in [-0.2, -0.15) is 0 Å². The highest BCUT2D eigenvalue weighted by atomic mass is 28.4. The van der Waals surface area contributed by atoms with Crippen LogP contribution in [0, 0.1) is 17.3 Å². The van der Waals surface area contributed by atoms with Crippen molar-refractivity contribution in [2.45, 2.75) is 201 Å². The minimum atomic E-state index is -1.98. The number of rotatable bonds is 12. The summed E-state index contributed by atoms with van der Waals surface area (Å²) >= 11 is 0. The number of fused-ring (bicyclic) bond motifs is 1. The SMILES string of the molecule is C=C1C(=CC=C2CCC[C@]3(C)C([C@H](C)CCCC(C)(C)O[Si](C)(C)C)=CC[C@@H]23)C[C@H](O[Si](C)(C)C(C)(C)C)C[C@H]1O[Si](C)(C)C(C)(C)C. The average molecular weight is 715 g/mol. The van der Waals surface area contributed by atoms with Crippen molar-refractivity contribution in [2.75, 3.05) is 0 Å². The molecule has 3 nitrogen and oxygen atoms in total. The van der Waals surface area contributed by atoms with Crippen molar-refractivity contribution in [1.29, 1.82) is 0 Å². The predicted molar refractivity (Wildman–Crippen MR) is 218 cm³/mol. The Morgan fingerprint density at radius 1 is 0.917 bits per heavy atom. The van der Waals surface area contributed by atoms with E-state index in [1.165, 1.54) is 49.7 Å². The molecular formula is C42H78O3Si3. The zero-order chi connectivity index (χ0) is 36.7. The van der Waals surface area contributed by atoms with Gasteiger partial charge in [0.25, 0.3) is 0 Å². The standard InChI is InChI=1S/C42H78O3Si3/c1-31(21-19-27-41(9,10)45-46(12,13)14)36-25-26-37-33(22-20-28-42(36,37)11)23-24-34-29-35(43-47(15,16)39(3,4)5)30-38(32(34)2)44-48(17,18)40(6,7)8/h23-25,31,35,37-38H,2,19-22,26-30H2,1,3-18H3/t31-,35+,37+,38-,42-/m1/s1. The normalized spacial score (nSPS) is 29.0. The summed E-state index contributed by atoms with van der Waals surface area (Å²) in [5.74, 6) is 1.24. The molecule has 5 atom stereocenters. The summed E-state index contributed by atoms with van der Waals surface area (Å²) in [6.07, 6.45) is 18.2. The number of hydrogen-bond acceptors (Lipinski definition) is 3. The van der Waals surface area contributed by atoms with Gasteiger partial charge in [-0.1, -0.05) is 97.8 Å². The first-order chi connectivity index (χ1) is 21.6. The molecule has 0 N–H and O–H groups in total. The van der Waals surface area contributed by atoms with Gasteiger partial charge in [0.2, 0.25) is 0 Å². The first-order valence-electron chi connectivity index (χ1n) is 19.4. The third kappa shape index (κ3) is 10.3. The van der Waals surface area contributed by atoms with Gasteiger partial charge in [0.15, 0.2) is 25.0 Å². The van der Waals surface area contributed by atoms with Crippen molar-refractivity contribution in [2.24, 2.45) is 17.3 Å². The van der Waals surface area contributed by atoms with Crippen molar-refractivity contribution in [3.63, 3.8) is 0 Å². The first-order valence-corrected chi connectivity index (χ1v) is 28.7. The molecule has 0 aromatic heterocycles. The molecule has 0 aliphatic heterocycles. The van der Waals surface area contributed by atoms with E-state index in [1.807, 2.05) is 0 Å². The summed E-state index contributed by atoms with van der Waals surface area (Å²) in [6, 6.07) is 0. The maximum absolute atomic E-state index is 7.11. The fourth-order valence-corrected chi connectivity index (χ4v) is 12.7. The van der Waals surface area contributed by atoms with Crippen LogP contribution in [0.5, 0.6) is 0 Å². The van der Waals surface area contributed by atoms with Crippen LogP contribution in [0.2, 0.25) is 55.9 Å². The van der Waals surface area contributed by atoms with Gasteiger partial charge in [-0.25, -0.2) is 0 Å². The predicted octanol–water partition coefficient (Wildman–Crippen LogP) is 13.5. The van der Waals surface area contributed by atoms with Crippen LogP contribution >= 0.6 is 0 Å². The highest BCUT2D eigenvalue weighted by Gasteiger charge is 2.47. The van der Waals surface area contributed by atoms with Crippen LogP contribution < -0.4 is 0 Å². The summed E-state index contributed by atoms with van der Waals surface area (Å²) < 4.78 is 20.7. The van der Waals surface area contributed by atoms with E-state index in [9.17, 15) is 0 Å². The van der Waals surface area contributed by atoms with Gasteiger partial charge in [0.05, 0.1) is 17.8 Å². The Kier molecular flexibility index (Phi) is 13.0. The third-order valence-electron chi connectivity index (χ3n) is 12.9. The molecule has 0 radical (unpaired) electrons. The largest absolute Gasteiger partial charge is 0.413 e. The lowest BCUT2D eigenvalue weighted by Crippen LogP contribution is -2.49. The molecule has 3 aliphatic carbocycles. The highest BCUT2D eigenvalue weighted by Crippen LogP contribution is 2.57. The monoisotopic (exact) mass is 715 g/mol. The fraction of sp³-hybridized carbons (Fsp3) is 0.810. The molecule has 0 bridgehead atoms. The van der Waals surface area contributed by atoms with Gasteiger partial charge in [-0.3, -0.25) is 0 Å². The fourth-order valence-electron chi connectivity index (χ4n) is 8.25. The molecule has 0 aromatic carbocycles. The van der Waals surface area contributed by atoms with Crippen LogP contribution in [-0.2, 0) is 13.3 Å². The van der Waals surface area contributed by atoms with E-state index in [4.69, 9.17) is 19.9 Å². The lowest BCUT2D eigenvalue weighted by Gasteiger charge is -2.45. The number of allylic oxidation sites excluding steroid dienone is 5. The summed E-state index contributed by atoms with van der Waals surface area (Å²) in [6.45, 7) is 44.9. The van der Waals surface area contributed by atoms with Crippen molar-refractivity contribution in [1.82, 2.24) is 0 Å². The van der Waals surface area contributed by atoms with Gasteiger partial charge in [-0.15, -0.1) is 0 Å². The second kappa shape index (κ2) is 14.8. The van der Waals surface area contributed by atoms with Crippen LogP contribution in [0.3, 0.4) is 0 Å². The lowest BCUT2D eigenvalue weighted by atomic mass is 9.62. The zero-order valence-electron chi connectivity index (χ0n) is 34.8. The molecule has 0 spiro atoms. The van der Waals surface area contributed by atoms with Gasteiger partial charge >= 0.3 is 0 Å². The van der Waals surface area contributed by atoms with Crippen LogP contribution in [0.1, 0.15) is 127 Å². The molecular weight excluding hydrogens is 637 g/mol. The molecule has 0 unspecified atom stereocenters. The Balaban J connectivity index is 1.82. The van der Waals surface area contributed by atoms with Gasteiger partial charge in [0.1, 0.15) is 0 Å². The topological polar surface area (TPSA) is 27.7 Å². The highest BCUT2D eigenvalue weighted by molar-refractivity contribution is 6.74. The van der Waals surface area contributed by atoms with Gasteiger partial charge in [-0.05, 0) is 143 Å². The Morgan fingerprint density at radius 2 is 1.50 bits per heavy atom. The van der Waals surface area contributed by atoms with Gasteiger partial charge in [0, 0.05) is 6.42 Å². The van der Waals surface area contributed by atoms with Crippen LogP contribution in [0.15, 0.2) is 47.1 Å². The summed E-state index contributed by atoms with van der Waals surface area (Å²) in [5.41, 5.74) is 6.14. The Labute approximate surface area is 302 Å². The third-order valence-corrected chi connectivity index (χ3v) is 23.1. The van der Waals surface area contributed by atoms with Crippen LogP contribution in [-0.4, -0.2) is 42.8 Å². The smallest absolute Gasteiger partial charge is 0.192 e. The Hall–Kier alpha value is -0.509. The zero-order valence-corrected chi connectivity index (χ0v) is 37.8. The van der Waals surface area contributed by atoms with Gasteiger partial charge < -0.3 is 13.3 Å². The quantitative estimate of drug-likeness (QED) is 0.149. The van der Waals surface area contributed by atoms with E-state index in [0.29, 0.717) is 11.8 Å². The van der Waals surface area contributed by atoms with E-state index < -0.39 is 25.0 Å².